The maximum atomic E-state index is 11.6. The van der Waals surface area contributed by atoms with Crippen LogP contribution in [-0.4, -0.2) is 30.2 Å². The monoisotopic (exact) mass is 254 g/mol. The number of carbonyl (C=O) groups excluding carboxylic acids is 1. The van der Waals surface area contributed by atoms with Gasteiger partial charge in [-0.1, -0.05) is 19.8 Å². The van der Waals surface area contributed by atoms with Crippen LogP contribution in [0.3, 0.4) is 0 Å². The molecule has 3 N–H and O–H groups in total. The second-order valence-corrected chi connectivity index (χ2v) is 6.14. The van der Waals surface area contributed by atoms with E-state index >= 15 is 0 Å². The number of amides is 2. The lowest BCUT2D eigenvalue weighted by atomic mass is 9.86. The Bertz CT molecular complexity index is 344. The molecule has 0 heterocycles. The molecule has 5 nitrogen and oxygen atoms in total. The minimum atomic E-state index is -0.783. The SMILES string of the molecule is CC1(CNC(=O)NCC2(C(=O)O)CCCC2)CC1. The first-order valence-corrected chi connectivity index (χ1v) is 6.71. The molecule has 102 valence electrons. The molecule has 2 aliphatic carbocycles. The van der Waals surface area contributed by atoms with Gasteiger partial charge in [0.1, 0.15) is 0 Å². The van der Waals surface area contributed by atoms with E-state index in [1.54, 1.807) is 0 Å². The minimum Gasteiger partial charge on any atom is -0.481 e. The number of aliphatic carboxylic acids is 1. The molecule has 0 unspecified atom stereocenters. The lowest BCUT2D eigenvalue weighted by Crippen LogP contribution is -2.46. The van der Waals surface area contributed by atoms with Crippen LogP contribution in [0, 0.1) is 10.8 Å². The molecular weight excluding hydrogens is 232 g/mol. The maximum absolute atomic E-state index is 11.6. The molecule has 0 aromatic rings. The summed E-state index contributed by atoms with van der Waals surface area (Å²) < 4.78 is 0. The number of hydrogen-bond acceptors (Lipinski definition) is 2. The van der Waals surface area contributed by atoms with Gasteiger partial charge in [0, 0.05) is 13.1 Å². The molecule has 2 fully saturated rings. The minimum absolute atomic E-state index is 0.240. The van der Waals surface area contributed by atoms with Gasteiger partial charge in [0.2, 0.25) is 0 Å². The van der Waals surface area contributed by atoms with Crippen molar-refractivity contribution in [3.05, 3.63) is 0 Å². The van der Waals surface area contributed by atoms with E-state index in [0.717, 1.165) is 25.7 Å². The van der Waals surface area contributed by atoms with Crippen molar-refractivity contribution in [1.29, 1.82) is 0 Å². The van der Waals surface area contributed by atoms with Crippen molar-refractivity contribution < 1.29 is 14.7 Å². The number of carboxylic acids is 1. The summed E-state index contributed by atoms with van der Waals surface area (Å²) in [4.78, 5) is 22.9. The van der Waals surface area contributed by atoms with Crippen LogP contribution in [0.15, 0.2) is 0 Å². The molecule has 2 aliphatic rings. The third-order valence-corrected chi connectivity index (χ3v) is 4.38. The van der Waals surface area contributed by atoms with Gasteiger partial charge in [0.15, 0.2) is 0 Å². The van der Waals surface area contributed by atoms with E-state index in [1.165, 1.54) is 0 Å². The molecular formula is C13H22N2O3. The van der Waals surface area contributed by atoms with Crippen LogP contribution in [0.4, 0.5) is 4.79 Å². The highest BCUT2D eigenvalue weighted by Gasteiger charge is 2.42. The second-order valence-electron chi connectivity index (χ2n) is 6.14. The lowest BCUT2D eigenvalue weighted by Gasteiger charge is -2.24. The highest BCUT2D eigenvalue weighted by molar-refractivity contribution is 5.78. The molecule has 18 heavy (non-hydrogen) atoms. The van der Waals surface area contributed by atoms with Gasteiger partial charge >= 0.3 is 12.0 Å². The summed E-state index contributed by atoms with van der Waals surface area (Å²) in [5, 5.41) is 14.8. The van der Waals surface area contributed by atoms with Crippen LogP contribution in [0.25, 0.3) is 0 Å². The molecule has 0 saturated heterocycles. The average molecular weight is 254 g/mol. The molecule has 2 amide bonds. The van der Waals surface area contributed by atoms with E-state index < -0.39 is 11.4 Å². The zero-order chi connectivity index (χ0) is 13.2. The third-order valence-electron chi connectivity index (χ3n) is 4.38. The van der Waals surface area contributed by atoms with E-state index in [9.17, 15) is 14.7 Å². The van der Waals surface area contributed by atoms with Gasteiger partial charge in [-0.15, -0.1) is 0 Å². The van der Waals surface area contributed by atoms with E-state index in [4.69, 9.17) is 0 Å². The Hall–Kier alpha value is -1.26. The zero-order valence-electron chi connectivity index (χ0n) is 10.9. The fraction of sp³-hybridized carbons (Fsp3) is 0.846. The quantitative estimate of drug-likeness (QED) is 0.699. The number of nitrogens with one attached hydrogen (secondary N) is 2. The summed E-state index contributed by atoms with van der Waals surface area (Å²) >= 11 is 0. The van der Waals surface area contributed by atoms with Gasteiger partial charge in [0.25, 0.3) is 0 Å². The van der Waals surface area contributed by atoms with Gasteiger partial charge < -0.3 is 15.7 Å². The summed E-state index contributed by atoms with van der Waals surface area (Å²) in [6, 6.07) is -0.240. The van der Waals surface area contributed by atoms with Crippen LogP contribution in [-0.2, 0) is 4.79 Å². The number of hydrogen-bond donors (Lipinski definition) is 3. The number of carbonyl (C=O) groups is 2. The van der Waals surface area contributed by atoms with Crippen molar-refractivity contribution in [3.63, 3.8) is 0 Å². The smallest absolute Gasteiger partial charge is 0.314 e. The Balaban J connectivity index is 1.75. The van der Waals surface area contributed by atoms with Gasteiger partial charge in [-0.2, -0.15) is 0 Å². The summed E-state index contributed by atoms with van der Waals surface area (Å²) in [7, 11) is 0. The Kier molecular flexibility index (Phi) is 3.50. The normalized spacial score (nSPS) is 23.4. The highest BCUT2D eigenvalue weighted by Crippen LogP contribution is 2.44. The Morgan fingerprint density at radius 3 is 2.11 bits per heavy atom. The van der Waals surface area contributed by atoms with Crippen LogP contribution in [0.1, 0.15) is 45.4 Å². The van der Waals surface area contributed by atoms with Crippen molar-refractivity contribution in [2.75, 3.05) is 13.1 Å². The number of urea groups is 1. The second kappa shape index (κ2) is 4.78. The van der Waals surface area contributed by atoms with Gasteiger partial charge in [-0.05, 0) is 31.1 Å². The fourth-order valence-electron chi connectivity index (χ4n) is 2.51. The van der Waals surface area contributed by atoms with E-state index in [2.05, 4.69) is 17.6 Å². The summed E-state index contributed by atoms with van der Waals surface area (Å²) in [6.07, 6.45) is 5.53. The van der Waals surface area contributed by atoms with Crippen molar-refractivity contribution in [2.24, 2.45) is 10.8 Å². The Morgan fingerprint density at radius 2 is 1.61 bits per heavy atom. The molecule has 0 bridgehead atoms. The summed E-state index contributed by atoms with van der Waals surface area (Å²) in [5.74, 6) is -0.783. The molecule has 0 radical (unpaired) electrons. The average Bonchev–Trinajstić information content (AvgIpc) is 2.89. The fourth-order valence-corrected chi connectivity index (χ4v) is 2.51. The summed E-state index contributed by atoms with van der Waals surface area (Å²) in [5.41, 5.74) is -0.462. The molecule has 5 heteroatoms. The Morgan fingerprint density at radius 1 is 1.06 bits per heavy atom. The first kappa shape index (κ1) is 13.2. The lowest BCUT2D eigenvalue weighted by molar-refractivity contribution is -0.148. The van der Waals surface area contributed by atoms with Crippen LogP contribution < -0.4 is 10.6 Å². The molecule has 0 atom stereocenters. The standard InChI is InChI=1S/C13H22N2O3/c1-12(6-7-12)8-14-11(18)15-9-13(10(16)17)4-2-3-5-13/h2-9H2,1H3,(H,16,17)(H2,14,15,18). The van der Waals surface area contributed by atoms with E-state index in [1.807, 2.05) is 0 Å². The third kappa shape index (κ3) is 2.94. The predicted octanol–water partition coefficient (Wildman–Crippen LogP) is 1.73. The van der Waals surface area contributed by atoms with Crippen molar-refractivity contribution in [3.8, 4) is 0 Å². The molecule has 2 rings (SSSR count). The predicted molar refractivity (Wildman–Crippen MR) is 67.3 cm³/mol. The summed E-state index contributed by atoms with van der Waals surface area (Å²) in [6.45, 7) is 3.06. The van der Waals surface area contributed by atoms with Gasteiger partial charge in [-0.25, -0.2) is 4.79 Å². The molecule has 2 saturated carbocycles. The molecule has 0 aliphatic heterocycles. The van der Waals surface area contributed by atoms with Gasteiger partial charge in [-0.3, -0.25) is 4.79 Å². The molecule has 0 spiro atoms. The van der Waals surface area contributed by atoms with Crippen LogP contribution in [0.5, 0.6) is 0 Å². The van der Waals surface area contributed by atoms with Crippen molar-refractivity contribution >= 4 is 12.0 Å². The van der Waals surface area contributed by atoms with E-state index in [0.29, 0.717) is 19.4 Å². The van der Waals surface area contributed by atoms with Crippen LogP contribution >= 0.6 is 0 Å². The zero-order valence-corrected chi connectivity index (χ0v) is 10.9. The first-order chi connectivity index (χ1) is 8.46. The van der Waals surface area contributed by atoms with E-state index in [-0.39, 0.29) is 18.0 Å². The molecule has 0 aromatic heterocycles. The van der Waals surface area contributed by atoms with Gasteiger partial charge in [0.05, 0.1) is 5.41 Å². The molecule has 0 aromatic carbocycles. The Labute approximate surface area is 107 Å². The highest BCUT2D eigenvalue weighted by atomic mass is 16.4. The number of carboxylic acid groups (broad SMARTS) is 1. The largest absolute Gasteiger partial charge is 0.481 e. The maximum Gasteiger partial charge on any atom is 0.314 e. The van der Waals surface area contributed by atoms with Crippen molar-refractivity contribution in [2.45, 2.75) is 45.4 Å². The first-order valence-electron chi connectivity index (χ1n) is 6.71. The topological polar surface area (TPSA) is 78.4 Å². The van der Waals surface area contributed by atoms with Crippen LogP contribution in [0.2, 0.25) is 0 Å². The number of rotatable bonds is 5. The van der Waals surface area contributed by atoms with Crippen molar-refractivity contribution in [1.82, 2.24) is 10.6 Å².